The van der Waals surface area contributed by atoms with Gasteiger partial charge in [0.1, 0.15) is 0 Å². The topological polar surface area (TPSA) is 8.17 Å². The number of fused-ring (bicyclic) bond motifs is 5. The molecule has 1 aromatic heterocycles. The first kappa shape index (κ1) is 27.9. The molecule has 0 aliphatic rings. The minimum absolute atomic E-state index is 1.12. The maximum atomic E-state index is 2.43. The van der Waals surface area contributed by atoms with Gasteiger partial charge in [0.15, 0.2) is 0 Å². The lowest BCUT2D eigenvalue weighted by Gasteiger charge is -2.26. The van der Waals surface area contributed by atoms with Gasteiger partial charge in [-0.1, -0.05) is 140 Å². The van der Waals surface area contributed by atoms with Crippen LogP contribution in [0, 0.1) is 0 Å². The first-order chi connectivity index (χ1) is 23.8. The predicted molar refractivity (Wildman–Crippen MR) is 204 cm³/mol. The van der Waals surface area contributed by atoms with Crippen LogP contribution >= 0.6 is 0 Å². The molecule has 0 aliphatic carbocycles. The average Bonchev–Trinajstić information content (AvgIpc) is 3.51. The van der Waals surface area contributed by atoms with E-state index in [1.54, 1.807) is 0 Å². The normalized spacial score (nSPS) is 11.3. The van der Waals surface area contributed by atoms with Gasteiger partial charge in [0.05, 0.1) is 11.0 Å². The lowest BCUT2D eigenvalue weighted by molar-refractivity contribution is 1.19. The number of benzene rings is 8. The lowest BCUT2D eigenvalue weighted by atomic mass is 10.0. The molecule has 0 aliphatic heterocycles. The maximum Gasteiger partial charge on any atom is 0.0619 e. The van der Waals surface area contributed by atoms with Crippen molar-refractivity contribution in [2.45, 2.75) is 0 Å². The Morgan fingerprint density at radius 3 is 1.65 bits per heavy atom. The first-order valence-corrected chi connectivity index (χ1v) is 16.4. The van der Waals surface area contributed by atoms with Crippen LogP contribution < -0.4 is 4.90 Å². The highest BCUT2D eigenvalue weighted by molar-refractivity contribution is 6.19. The Morgan fingerprint density at radius 1 is 0.333 bits per heavy atom. The van der Waals surface area contributed by atoms with Crippen molar-refractivity contribution in [2.75, 3.05) is 4.90 Å². The fourth-order valence-corrected chi connectivity index (χ4v) is 7.10. The van der Waals surface area contributed by atoms with E-state index in [-0.39, 0.29) is 0 Å². The smallest absolute Gasteiger partial charge is 0.0619 e. The predicted octanol–water partition coefficient (Wildman–Crippen LogP) is 12.7. The van der Waals surface area contributed by atoms with Crippen molar-refractivity contribution in [2.24, 2.45) is 0 Å². The molecule has 9 aromatic rings. The van der Waals surface area contributed by atoms with Crippen molar-refractivity contribution in [3.63, 3.8) is 0 Å². The minimum atomic E-state index is 1.12. The van der Waals surface area contributed by atoms with Gasteiger partial charge >= 0.3 is 0 Å². The van der Waals surface area contributed by atoms with Crippen LogP contribution in [0.4, 0.5) is 17.1 Å². The van der Waals surface area contributed by atoms with Gasteiger partial charge in [-0.2, -0.15) is 0 Å². The molecule has 0 unspecified atom stereocenters. The summed E-state index contributed by atoms with van der Waals surface area (Å²) in [6.45, 7) is 0. The monoisotopic (exact) mass is 612 g/mol. The molecule has 0 saturated carbocycles. The molecule has 0 fully saturated rings. The molecule has 0 spiro atoms. The summed E-state index contributed by atoms with van der Waals surface area (Å²) in [4.78, 5) is 2.36. The third kappa shape index (κ3) is 4.83. The number of rotatable bonds is 6. The SMILES string of the molecule is c1ccc(-c2ccc(-n3c4ccccc4c4ccc5cc(N(c6ccccc6)c6cccc(-c7ccccc7)c6)ccc5c43)cc2)cc1. The van der Waals surface area contributed by atoms with Gasteiger partial charge < -0.3 is 9.47 Å². The van der Waals surface area contributed by atoms with E-state index in [0.29, 0.717) is 0 Å². The maximum absolute atomic E-state index is 2.43. The van der Waals surface area contributed by atoms with Crippen LogP contribution in [0.15, 0.2) is 194 Å². The molecule has 8 aromatic carbocycles. The Labute approximate surface area is 280 Å². The van der Waals surface area contributed by atoms with E-state index in [0.717, 1.165) is 22.7 Å². The van der Waals surface area contributed by atoms with Gasteiger partial charge in [-0.25, -0.2) is 0 Å². The fourth-order valence-electron chi connectivity index (χ4n) is 7.10. The third-order valence-electron chi connectivity index (χ3n) is 9.35. The van der Waals surface area contributed by atoms with Gasteiger partial charge in [0.25, 0.3) is 0 Å². The van der Waals surface area contributed by atoms with Crippen molar-refractivity contribution in [3.05, 3.63) is 194 Å². The first-order valence-electron chi connectivity index (χ1n) is 16.4. The van der Waals surface area contributed by atoms with Gasteiger partial charge in [-0.15, -0.1) is 0 Å². The number of anilines is 3. The Morgan fingerprint density at radius 2 is 0.896 bits per heavy atom. The molecule has 226 valence electrons. The quantitative estimate of drug-likeness (QED) is 0.181. The van der Waals surface area contributed by atoms with Gasteiger partial charge in [-0.3, -0.25) is 0 Å². The van der Waals surface area contributed by atoms with E-state index in [4.69, 9.17) is 0 Å². The lowest BCUT2D eigenvalue weighted by Crippen LogP contribution is -2.10. The number of aromatic nitrogens is 1. The summed E-state index contributed by atoms with van der Waals surface area (Å²) in [6.07, 6.45) is 0. The molecule has 0 bridgehead atoms. The molecule has 1 heterocycles. The summed E-state index contributed by atoms with van der Waals surface area (Å²) in [5.41, 5.74) is 11.8. The minimum Gasteiger partial charge on any atom is -0.310 e. The molecule has 0 amide bonds. The zero-order valence-electron chi connectivity index (χ0n) is 26.4. The second-order valence-corrected chi connectivity index (χ2v) is 12.2. The standard InChI is InChI=1S/C46H32N2/c1-4-13-33(14-5-1)35-23-26-39(27-24-35)48-45-22-11-10-21-43(45)44-29-25-37-32-41(28-30-42(37)46(44)48)47(38-18-8-3-9-19-38)40-20-12-17-36(31-40)34-15-6-2-7-16-34/h1-32H. The second kappa shape index (κ2) is 11.8. The van der Waals surface area contributed by atoms with E-state index in [2.05, 4.69) is 204 Å². The van der Waals surface area contributed by atoms with Crippen LogP contribution in [0.25, 0.3) is 60.5 Å². The van der Waals surface area contributed by atoms with E-state index in [1.807, 2.05) is 0 Å². The van der Waals surface area contributed by atoms with Gasteiger partial charge in [0, 0.05) is 38.9 Å². The van der Waals surface area contributed by atoms with Crippen molar-refractivity contribution >= 4 is 49.6 Å². The van der Waals surface area contributed by atoms with Crippen LogP contribution in [0.1, 0.15) is 0 Å². The van der Waals surface area contributed by atoms with Crippen LogP contribution in [0.3, 0.4) is 0 Å². The summed E-state index contributed by atoms with van der Waals surface area (Å²) in [6, 6.07) is 69.8. The highest BCUT2D eigenvalue weighted by atomic mass is 15.1. The second-order valence-electron chi connectivity index (χ2n) is 12.2. The molecule has 9 rings (SSSR count). The largest absolute Gasteiger partial charge is 0.310 e. The van der Waals surface area contributed by atoms with Crippen LogP contribution in [-0.4, -0.2) is 4.57 Å². The molecule has 48 heavy (non-hydrogen) atoms. The summed E-state index contributed by atoms with van der Waals surface area (Å²) >= 11 is 0. The van der Waals surface area contributed by atoms with Crippen LogP contribution in [-0.2, 0) is 0 Å². The molecule has 2 heteroatoms. The summed E-state index contributed by atoms with van der Waals surface area (Å²) in [5.74, 6) is 0. The number of nitrogens with zero attached hydrogens (tertiary/aromatic N) is 2. The Bertz CT molecular complexity index is 2530. The van der Waals surface area contributed by atoms with Crippen molar-refractivity contribution in [1.29, 1.82) is 0 Å². The Balaban J connectivity index is 1.22. The highest BCUT2D eigenvalue weighted by Crippen LogP contribution is 2.41. The zero-order valence-corrected chi connectivity index (χ0v) is 26.4. The molecule has 0 saturated heterocycles. The average molecular weight is 613 g/mol. The molecule has 0 atom stereocenters. The van der Waals surface area contributed by atoms with Gasteiger partial charge in [0.2, 0.25) is 0 Å². The van der Waals surface area contributed by atoms with Crippen molar-refractivity contribution in [3.8, 4) is 27.9 Å². The summed E-state index contributed by atoms with van der Waals surface area (Å²) in [5, 5.41) is 4.94. The Hall–Kier alpha value is -6.38. The van der Waals surface area contributed by atoms with E-state index in [9.17, 15) is 0 Å². The van der Waals surface area contributed by atoms with Gasteiger partial charge in [-0.05, 0) is 82.2 Å². The molecule has 0 N–H and O–H groups in total. The number of hydrogen-bond donors (Lipinski definition) is 0. The molecule has 0 radical (unpaired) electrons. The Kier molecular flexibility index (Phi) is 6.84. The van der Waals surface area contributed by atoms with Crippen molar-refractivity contribution in [1.82, 2.24) is 4.57 Å². The molecular formula is C46H32N2. The van der Waals surface area contributed by atoms with Crippen LogP contribution in [0.5, 0.6) is 0 Å². The highest BCUT2D eigenvalue weighted by Gasteiger charge is 2.18. The summed E-state index contributed by atoms with van der Waals surface area (Å²) in [7, 11) is 0. The molecule has 2 nitrogen and oxygen atoms in total. The van der Waals surface area contributed by atoms with Crippen molar-refractivity contribution < 1.29 is 0 Å². The number of para-hydroxylation sites is 2. The van der Waals surface area contributed by atoms with E-state index >= 15 is 0 Å². The fraction of sp³-hybridized carbons (Fsp3) is 0. The third-order valence-corrected chi connectivity index (χ3v) is 9.35. The van der Waals surface area contributed by atoms with E-state index in [1.165, 1.54) is 54.8 Å². The zero-order chi connectivity index (χ0) is 31.9. The van der Waals surface area contributed by atoms with Crippen LogP contribution in [0.2, 0.25) is 0 Å². The summed E-state index contributed by atoms with van der Waals surface area (Å²) < 4.78 is 2.43. The van der Waals surface area contributed by atoms with E-state index < -0.39 is 0 Å². The molecular weight excluding hydrogens is 581 g/mol. The number of hydrogen-bond acceptors (Lipinski definition) is 1.